The molecule has 0 aliphatic rings. The monoisotopic (exact) mass is 466 g/mol. The van der Waals surface area contributed by atoms with Crippen molar-refractivity contribution in [3.63, 3.8) is 0 Å². The number of pyridine rings is 1. The minimum Gasteiger partial charge on any atom is -0.493 e. The lowest BCUT2D eigenvalue weighted by atomic mass is 10.1. The highest BCUT2D eigenvalue weighted by molar-refractivity contribution is 6.33. The first-order chi connectivity index (χ1) is 15.7. The Hall–Kier alpha value is -3.58. The lowest BCUT2D eigenvalue weighted by Crippen LogP contribution is -2.31. The van der Waals surface area contributed by atoms with Gasteiger partial charge in [-0.2, -0.15) is 0 Å². The molecule has 0 aliphatic carbocycles. The Balaban J connectivity index is 1.84. The van der Waals surface area contributed by atoms with Crippen LogP contribution in [0.1, 0.15) is 29.8 Å². The molecule has 1 aromatic heterocycles. The fourth-order valence-corrected chi connectivity index (χ4v) is 3.37. The van der Waals surface area contributed by atoms with Gasteiger partial charge in [-0.15, -0.1) is 0 Å². The number of nitrogens with one attached hydrogen (secondary N) is 1. The molecule has 2 amide bonds. The lowest BCUT2D eigenvalue weighted by Gasteiger charge is -2.25. The normalized spacial score (nSPS) is 10.7. The molecule has 0 radical (unpaired) electrons. The van der Waals surface area contributed by atoms with Crippen molar-refractivity contribution in [3.8, 4) is 5.75 Å². The van der Waals surface area contributed by atoms with Crippen molar-refractivity contribution in [2.75, 3.05) is 23.4 Å². The number of nitrogens with two attached hydrogens (primary N) is 1. The van der Waals surface area contributed by atoms with Crippen LogP contribution in [0.15, 0.2) is 60.8 Å². The number of nitrogens with zero attached hydrogens (tertiary/aromatic N) is 2. The average Bonchev–Trinajstić information content (AvgIpc) is 2.78. The molecule has 8 heteroatoms. The van der Waals surface area contributed by atoms with E-state index in [1.165, 1.54) is 0 Å². The summed E-state index contributed by atoms with van der Waals surface area (Å²) in [4.78, 5) is 30.6. The number of aromatic nitrogens is 1. The molecular weight excluding hydrogens is 440 g/mol. The zero-order chi connectivity index (χ0) is 24.0. The summed E-state index contributed by atoms with van der Waals surface area (Å²) >= 11 is 6.32. The smallest absolute Gasteiger partial charge is 0.255 e. The molecule has 0 atom stereocenters. The highest BCUT2D eigenvalue weighted by atomic mass is 35.5. The van der Waals surface area contributed by atoms with Crippen molar-refractivity contribution in [2.24, 2.45) is 11.7 Å². The number of benzene rings is 2. The molecule has 3 N–H and O–H groups in total. The summed E-state index contributed by atoms with van der Waals surface area (Å²) < 4.78 is 5.68. The minimum atomic E-state index is -0.550. The quantitative estimate of drug-likeness (QED) is 0.464. The highest BCUT2D eigenvalue weighted by Gasteiger charge is 2.20. The maximum Gasteiger partial charge on any atom is 0.255 e. The fourth-order valence-electron chi connectivity index (χ4n) is 3.15. The summed E-state index contributed by atoms with van der Waals surface area (Å²) in [6.07, 6.45) is 1.58. The first kappa shape index (κ1) is 24.1. The summed E-state index contributed by atoms with van der Waals surface area (Å²) in [5.74, 6) is 0.712. The number of hydrogen-bond acceptors (Lipinski definition) is 5. The van der Waals surface area contributed by atoms with Crippen LogP contribution in [0.25, 0.3) is 0 Å². The van der Waals surface area contributed by atoms with Crippen LogP contribution >= 0.6 is 11.6 Å². The van der Waals surface area contributed by atoms with Gasteiger partial charge in [-0.25, -0.2) is 4.98 Å². The van der Waals surface area contributed by atoms with Crippen molar-refractivity contribution in [1.29, 1.82) is 0 Å². The van der Waals surface area contributed by atoms with Crippen LogP contribution in [-0.2, 0) is 4.79 Å². The summed E-state index contributed by atoms with van der Waals surface area (Å²) in [7, 11) is 0. The molecule has 7 nitrogen and oxygen atoms in total. The Labute approximate surface area is 198 Å². The molecule has 0 spiro atoms. The van der Waals surface area contributed by atoms with Gasteiger partial charge in [-0.05, 0) is 66.9 Å². The molecule has 3 rings (SSSR count). The molecule has 0 saturated carbocycles. The van der Waals surface area contributed by atoms with E-state index in [1.54, 1.807) is 53.6 Å². The third kappa shape index (κ3) is 6.46. The van der Waals surface area contributed by atoms with Gasteiger partial charge in [-0.1, -0.05) is 31.5 Å². The predicted molar refractivity (Wildman–Crippen MR) is 131 cm³/mol. The fraction of sp³-hybridized carbons (Fsp3) is 0.240. The summed E-state index contributed by atoms with van der Waals surface area (Å²) in [6.45, 7) is 6.52. The van der Waals surface area contributed by atoms with E-state index in [0.29, 0.717) is 40.3 Å². The number of halogens is 1. The zero-order valence-electron chi connectivity index (χ0n) is 18.8. The van der Waals surface area contributed by atoms with E-state index >= 15 is 0 Å². The van der Waals surface area contributed by atoms with Gasteiger partial charge in [0.15, 0.2) is 5.82 Å². The van der Waals surface area contributed by atoms with Gasteiger partial charge >= 0.3 is 0 Å². The van der Waals surface area contributed by atoms with E-state index < -0.39 is 5.91 Å². The molecule has 1 heterocycles. The van der Waals surface area contributed by atoms with Crippen LogP contribution < -0.4 is 20.7 Å². The molecule has 172 valence electrons. The number of aryl methyl sites for hydroxylation is 1. The second kappa shape index (κ2) is 10.8. The van der Waals surface area contributed by atoms with E-state index in [9.17, 15) is 9.59 Å². The molecule has 2 aromatic carbocycles. The van der Waals surface area contributed by atoms with E-state index in [0.717, 1.165) is 11.3 Å². The van der Waals surface area contributed by atoms with E-state index in [4.69, 9.17) is 22.1 Å². The van der Waals surface area contributed by atoms with Gasteiger partial charge in [0, 0.05) is 23.1 Å². The Morgan fingerprint density at radius 3 is 2.52 bits per heavy atom. The third-order valence-corrected chi connectivity index (χ3v) is 5.06. The number of primary amides is 1. The van der Waals surface area contributed by atoms with Gasteiger partial charge in [0.1, 0.15) is 12.3 Å². The molecule has 0 unspecified atom stereocenters. The number of ether oxygens (including phenoxy) is 1. The van der Waals surface area contributed by atoms with Crippen molar-refractivity contribution in [3.05, 3.63) is 76.9 Å². The van der Waals surface area contributed by atoms with E-state index in [2.05, 4.69) is 24.1 Å². The number of hydrogen-bond donors (Lipinski definition) is 2. The second-order valence-electron chi connectivity index (χ2n) is 8.05. The summed E-state index contributed by atoms with van der Waals surface area (Å²) in [5, 5.41) is 3.25. The minimum absolute atomic E-state index is 0.138. The number of carbonyl (C=O) groups excluding carboxylic acids is 2. The SMILES string of the molecule is Cc1ccc(C(=O)Nc2ccc(OCC(C)C)cc2)cc1N(CC(N)=O)c1ncccc1Cl. The highest BCUT2D eigenvalue weighted by Crippen LogP contribution is 2.32. The zero-order valence-corrected chi connectivity index (χ0v) is 19.6. The van der Waals surface area contributed by atoms with Gasteiger partial charge in [0.2, 0.25) is 5.91 Å². The maximum atomic E-state index is 12.9. The van der Waals surface area contributed by atoms with Crippen molar-refractivity contribution >= 4 is 40.6 Å². The Morgan fingerprint density at radius 1 is 1.15 bits per heavy atom. The topological polar surface area (TPSA) is 97.5 Å². The van der Waals surface area contributed by atoms with Crippen LogP contribution in [0.3, 0.4) is 0 Å². The van der Waals surface area contributed by atoms with Crippen LogP contribution in [0.5, 0.6) is 5.75 Å². The van der Waals surface area contributed by atoms with Gasteiger partial charge < -0.3 is 20.7 Å². The molecular formula is C25H27ClN4O3. The second-order valence-corrected chi connectivity index (χ2v) is 8.45. The molecule has 0 fully saturated rings. The molecule has 0 aliphatic heterocycles. The van der Waals surface area contributed by atoms with Crippen molar-refractivity contribution < 1.29 is 14.3 Å². The van der Waals surface area contributed by atoms with Gasteiger partial charge in [0.05, 0.1) is 11.6 Å². The van der Waals surface area contributed by atoms with Gasteiger partial charge in [-0.3, -0.25) is 9.59 Å². The lowest BCUT2D eigenvalue weighted by molar-refractivity contribution is -0.116. The van der Waals surface area contributed by atoms with Gasteiger partial charge in [0.25, 0.3) is 5.91 Å². The molecule has 33 heavy (non-hydrogen) atoms. The molecule has 0 saturated heterocycles. The third-order valence-electron chi connectivity index (χ3n) is 4.77. The van der Waals surface area contributed by atoms with Crippen molar-refractivity contribution in [2.45, 2.75) is 20.8 Å². The maximum absolute atomic E-state index is 12.9. The van der Waals surface area contributed by atoms with E-state index in [-0.39, 0.29) is 12.5 Å². The van der Waals surface area contributed by atoms with Crippen molar-refractivity contribution in [1.82, 2.24) is 4.98 Å². The van der Waals surface area contributed by atoms with E-state index in [1.807, 2.05) is 19.1 Å². The van der Waals surface area contributed by atoms with Crippen LogP contribution in [-0.4, -0.2) is 29.9 Å². The number of rotatable bonds is 9. The number of amides is 2. The Kier molecular flexibility index (Phi) is 7.90. The standard InChI is InChI=1S/C25H27ClN4O3/c1-16(2)15-33-20-10-8-19(9-11-20)29-25(32)18-7-6-17(3)22(13-18)30(14-23(27)31)24-21(26)5-4-12-28-24/h4-13,16H,14-15H2,1-3H3,(H2,27,31)(H,29,32). The average molecular weight is 467 g/mol. The first-order valence-corrected chi connectivity index (χ1v) is 10.9. The van der Waals surface area contributed by atoms with Crippen LogP contribution in [0.4, 0.5) is 17.2 Å². The summed E-state index contributed by atoms with van der Waals surface area (Å²) in [6, 6.07) is 15.8. The van der Waals surface area contributed by atoms with Crippen LogP contribution in [0, 0.1) is 12.8 Å². The molecule has 0 bridgehead atoms. The first-order valence-electron chi connectivity index (χ1n) is 10.6. The number of carbonyl (C=O) groups is 2. The predicted octanol–water partition coefficient (Wildman–Crippen LogP) is 4.95. The largest absolute Gasteiger partial charge is 0.493 e. The summed E-state index contributed by atoms with van der Waals surface area (Å²) in [5.41, 5.74) is 7.98. The van der Waals surface area contributed by atoms with Crippen LogP contribution in [0.2, 0.25) is 5.02 Å². The Morgan fingerprint density at radius 2 is 1.88 bits per heavy atom. The Bertz CT molecular complexity index is 1130. The molecule has 3 aromatic rings. The number of anilines is 3.